The number of nitrogens with zero attached hydrogens (tertiary/aromatic N) is 4. The number of hydrogen-bond donors (Lipinski definition) is 3. The molecule has 1 amide bonds. The lowest BCUT2D eigenvalue weighted by Crippen LogP contribution is -2.53. The van der Waals surface area contributed by atoms with E-state index in [4.69, 9.17) is 19.6 Å². The van der Waals surface area contributed by atoms with Gasteiger partial charge in [-0.3, -0.25) is 10.2 Å². The van der Waals surface area contributed by atoms with Gasteiger partial charge in [0.25, 0.3) is 5.91 Å². The Kier molecular flexibility index (Phi) is 11.6. The van der Waals surface area contributed by atoms with Crippen LogP contribution in [-0.2, 0) is 25.8 Å². The summed E-state index contributed by atoms with van der Waals surface area (Å²) < 4.78 is 52.9. The number of amides is 1. The lowest BCUT2D eigenvalue weighted by Gasteiger charge is -2.31. The van der Waals surface area contributed by atoms with Crippen molar-refractivity contribution < 1.29 is 32.2 Å². The van der Waals surface area contributed by atoms with E-state index in [9.17, 15) is 23.1 Å². The van der Waals surface area contributed by atoms with Gasteiger partial charge in [0, 0.05) is 47.7 Å². The van der Waals surface area contributed by atoms with Crippen LogP contribution in [0.2, 0.25) is 0 Å². The number of azide groups is 1. The summed E-state index contributed by atoms with van der Waals surface area (Å²) in [6.45, 7) is 0.533. The second kappa shape index (κ2) is 16.2. The van der Waals surface area contributed by atoms with Crippen molar-refractivity contribution in [3.8, 4) is 5.75 Å². The highest BCUT2D eigenvalue weighted by molar-refractivity contribution is 7.91. The number of ether oxygens (including phenoxy) is 2. The Hall–Kier alpha value is -5.27. The van der Waals surface area contributed by atoms with Crippen LogP contribution in [0, 0.1) is 5.82 Å². The van der Waals surface area contributed by atoms with Crippen molar-refractivity contribution in [3.05, 3.63) is 136 Å². The molecule has 2 atom stereocenters. The lowest BCUT2D eigenvalue weighted by molar-refractivity contribution is -0.130. The van der Waals surface area contributed by atoms with Crippen molar-refractivity contribution in [3.63, 3.8) is 0 Å². The summed E-state index contributed by atoms with van der Waals surface area (Å²) in [5, 5.41) is 12.9. The Labute approximate surface area is 283 Å². The van der Waals surface area contributed by atoms with Gasteiger partial charge in [-0.1, -0.05) is 59.7 Å². The van der Waals surface area contributed by atoms with Crippen LogP contribution in [0.25, 0.3) is 10.4 Å². The first-order valence-electron chi connectivity index (χ1n) is 15.6. The number of carbonyl (C=O) groups excluding carboxylic acids is 1. The van der Waals surface area contributed by atoms with Gasteiger partial charge < -0.3 is 14.6 Å². The van der Waals surface area contributed by atoms with Crippen molar-refractivity contribution in [2.75, 3.05) is 25.5 Å². The molecular formula is C35H35FN6O6S. The SMILES string of the molecule is [N-]=[N+]=Nc1ccccc1[C@@H]1OC(c2ccc(OCCCO)cc2)=N[C@]1(CCS(=O)(=O)c1ccccc1)C(=O)NNCCc1cccc(F)c1. The van der Waals surface area contributed by atoms with Crippen LogP contribution in [0.5, 0.6) is 5.75 Å². The maximum Gasteiger partial charge on any atom is 0.266 e. The summed E-state index contributed by atoms with van der Waals surface area (Å²) in [5.74, 6) is -0.923. The minimum Gasteiger partial charge on any atom is -0.494 e. The standard InChI is InChI=1S/C35H35FN6O6S/c36-27-9-6-8-25(24-27)18-20-38-41-34(44)35(19-23-49(45,46)29-10-2-1-3-11-29)32(30-12-4-5-13-31(30)40-42-37)48-33(39-35)26-14-16-28(17-15-26)47-22-7-21-43/h1-6,8-17,24,32,38,43H,7,18-23H2,(H,41,44)/t32-,35-/m0/s1. The van der Waals surface area contributed by atoms with E-state index in [1.165, 1.54) is 24.3 Å². The maximum atomic E-state index is 14.4. The molecule has 254 valence electrons. The number of hydrogen-bond acceptors (Lipinski definition) is 9. The van der Waals surface area contributed by atoms with Gasteiger partial charge in [-0.15, -0.1) is 0 Å². The van der Waals surface area contributed by atoms with E-state index in [1.807, 2.05) is 0 Å². The third kappa shape index (κ3) is 8.61. The Morgan fingerprint density at radius 3 is 2.53 bits per heavy atom. The first kappa shape index (κ1) is 35.0. The number of rotatable bonds is 16. The van der Waals surface area contributed by atoms with Gasteiger partial charge in [0.2, 0.25) is 5.90 Å². The summed E-state index contributed by atoms with van der Waals surface area (Å²) in [5.41, 5.74) is 14.7. The highest BCUT2D eigenvalue weighted by atomic mass is 32.2. The van der Waals surface area contributed by atoms with E-state index >= 15 is 0 Å². The molecule has 12 nitrogen and oxygen atoms in total. The first-order valence-corrected chi connectivity index (χ1v) is 17.2. The maximum absolute atomic E-state index is 14.4. The molecule has 0 radical (unpaired) electrons. The molecule has 1 aliphatic rings. The van der Waals surface area contributed by atoms with Crippen molar-refractivity contribution in [2.24, 2.45) is 10.1 Å². The smallest absolute Gasteiger partial charge is 0.266 e. The fourth-order valence-electron chi connectivity index (χ4n) is 5.38. The Morgan fingerprint density at radius 1 is 1.04 bits per heavy atom. The molecule has 0 bridgehead atoms. The molecule has 14 heteroatoms. The molecule has 49 heavy (non-hydrogen) atoms. The number of nitrogens with one attached hydrogen (secondary N) is 2. The van der Waals surface area contributed by atoms with E-state index < -0.39 is 33.1 Å². The fourth-order valence-corrected chi connectivity index (χ4v) is 6.77. The molecule has 1 aliphatic heterocycles. The topological polar surface area (TPSA) is 175 Å². The Bertz CT molecular complexity index is 1940. The number of aliphatic hydroxyl groups is 1. The Morgan fingerprint density at radius 2 is 1.80 bits per heavy atom. The second-order valence-corrected chi connectivity index (χ2v) is 13.3. The van der Waals surface area contributed by atoms with Gasteiger partial charge in [0.15, 0.2) is 21.5 Å². The molecule has 0 aromatic heterocycles. The van der Waals surface area contributed by atoms with Gasteiger partial charge in [-0.25, -0.2) is 23.2 Å². The average Bonchev–Trinajstić information content (AvgIpc) is 3.51. The Balaban J connectivity index is 1.53. The molecule has 4 aromatic carbocycles. The van der Waals surface area contributed by atoms with E-state index in [1.54, 1.807) is 78.9 Å². The molecule has 0 saturated carbocycles. The summed E-state index contributed by atoms with van der Waals surface area (Å²) >= 11 is 0. The number of carbonyl (C=O) groups is 1. The molecule has 0 aliphatic carbocycles. The molecule has 4 aromatic rings. The summed E-state index contributed by atoms with van der Waals surface area (Å²) in [6.07, 6.45) is -0.665. The quantitative estimate of drug-likeness (QED) is 0.0458. The lowest BCUT2D eigenvalue weighted by atomic mass is 9.84. The molecule has 1 heterocycles. The second-order valence-electron chi connectivity index (χ2n) is 11.2. The number of hydrazine groups is 1. The van der Waals surface area contributed by atoms with Crippen LogP contribution in [-0.4, -0.2) is 56.4 Å². The number of aliphatic imine (C=N–C) groups is 1. The summed E-state index contributed by atoms with van der Waals surface area (Å²) in [6, 6.07) is 27.3. The molecule has 0 unspecified atom stereocenters. The number of benzene rings is 4. The molecular weight excluding hydrogens is 651 g/mol. The van der Waals surface area contributed by atoms with E-state index in [2.05, 4.69) is 20.9 Å². The normalized spacial score (nSPS) is 17.0. The van der Waals surface area contributed by atoms with E-state index in [0.29, 0.717) is 41.9 Å². The third-order valence-electron chi connectivity index (χ3n) is 7.89. The minimum absolute atomic E-state index is 0.00869. The zero-order valence-corrected chi connectivity index (χ0v) is 27.2. The average molecular weight is 687 g/mol. The number of halogens is 1. The van der Waals surface area contributed by atoms with Crippen LogP contribution >= 0.6 is 0 Å². The summed E-state index contributed by atoms with van der Waals surface area (Å²) in [7, 11) is -3.89. The van der Waals surface area contributed by atoms with E-state index in [-0.39, 0.29) is 41.9 Å². The van der Waals surface area contributed by atoms with Crippen molar-refractivity contribution >= 4 is 27.3 Å². The molecule has 0 fully saturated rings. The monoisotopic (exact) mass is 686 g/mol. The third-order valence-corrected chi connectivity index (χ3v) is 9.62. The van der Waals surface area contributed by atoms with Crippen LogP contribution in [0.3, 0.4) is 0 Å². The van der Waals surface area contributed by atoms with Crippen molar-refractivity contribution in [1.82, 2.24) is 10.9 Å². The van der Waals surface area contributed by atoms with Crippen molar-refractivity contribution in [1.29, 1.82) is 0 Å². The number of aliphatic hydroxyl groups excluding tert-OH is 1. The largest absolute Gasteiger partial charge is 0.494 e. The zero-order valence-electron chi connectivity index (χ0n) is 26.4. The first-order chi connectivity index (χ1) is 23.8. The van der Waals surface area contributed by atoms with Gasteiger partial charge in [-0.2, -0.15) is 0 Å². The molecule has 3 N–H and O–H groups in total. The zero-order chi connectivity index (χ0) is 34.7. The van der Waals surface area contributed by atoms with Crippen molar-refractivity contribution in [2.45, 2.75) is 35.8 Å². The molecule has 5 rings (SSSR count). The predicted molar refractivity (Wildman–Crippen MR) is 181 cm³/mol. The predicted octanol–water partition coefficient (Wildman–Crippen LogP) is 5.51. The van der Waals surface area contributed by atoms with Crippen LogP contribution in [0.4, 0.5) is 10.1 Å². The number of sulfone groups is 1. The highest BCUT2D eigenvalue weighted by Gasteiger charge is 2.54. The van der Waals surface area contributed by atoms with Crippen LogP contribution in [0.1, 0.15) is 35.6 Å². The van der Waals surface area contributed by atoms with E-state index in [0.717, 1.165) is 0 Å². The minimum atomic E-state index is -3.89. The molecule has 0 spiro atoms. The van der Waals surface area contributed by atoms with Gasteiger partial charge >= 0.3 is 0 Å². The van der Waals surface area contributed by atoms with Gasteiger partial charge in [0.05, 0.1) is 17.3 Å². The highest BCUT2D eigenvalue weighted by Crippen LogP contribution is 2.45. The molecule has 0 saturated heterocycles. The van der Waals surface area contributed by atoms with Crippen LogP contribution < -0.4 is 15.6 Å². The van der Waals surface area contributed by atoms with Gasteiger partial charge in [0.1, 0.15) is 11.6 Å². The summed E-state index contributed by atoms with van der Waals surface area (Å²) in [4.78, 5) is 22.2. The fraction of sp³-hybridized carbons (Fsp3) is 0.257. The van der Waals surface area contributed by atoms with Crippen LogP contribution in [0.15, 0.2) is 118 Å². The van der Waals surface area contributed by atoms with Gasteiger partial charge in [-0.05, 0) is 66.0 Å².